The van der Waals surface area contributed by atoms with Crippen molar-refractivity contribution in [3.8, 4) is 0 Å². The van der Waals surface area contributed by atoms with Crippen LogP contribution in [-0.2, 0) is 0 Å². The number of nitrogens with one attached hydrogen (secondary N) is 1. The molecule has 0 aliphatic carbocycles. The fraction of sp³-hybridized carbons (Fsp3) is 0.417. The number of hydrogen-bond donors (Lipinski definition) is 3. The van der Waals surface area contributed by atoms with Crippen molar-refractivity contribution < 1.29 is 9.90 Å². The number of unbranched alkanes of at least 4 members (excludes halogenated alkanes) is 2. The van der Waals surface area contributed by atoms with Crippen LogP contribution in [0.15, 0.2) is 18.2 Å². The lowest BCUT2D eigenvalue weighted by Gasteiger charge is -2.09. The van der Waals surface area contributed by atoms with Gasteiger partial charge in [0.1, 0.15) is 0 Å². The van der Waals surface area contributed by atoms with Crippen LogP contribution in [0, 0.1) is 0 Å². The molecular formula is C12H18N2O2. The van der Waals surface area contributed by atoms with Gasteiger partial charge in [0.25, 0.3) is 0 Å². The number of carboxylic acid groups (broad SMARTS) is 1. The minimum atomic E-state index is -0.954. The molecule has 0 saturated carbocycles. The predicted octanol–water partition coefficient (Wildman–Crippen LogP) is 2.57. The van der Waals surface area contributed by atoms with Crippen LogP contribution in [0.3, 0.4) is 0 Å². The Kier molecular flexibility index (Phi) is 4.64. The molecule has 16 heavy (non-hydrogen) atoms. The van der Waals surface area contributed by atoms with Gasteiger partial charge in [0, 0.05) is 6.54 Å². The number of rotatable bonds is 6. The van der Waals surface area contributed by atoms with Gasteiger partial charge in [-0.05, 0) is 24.6 Å². The van der Waals surface area contributed by atoms with E-state index in [0.717, 1.165) is 18.7 Å². The normalized spacial score (nSPS) is 10.1. The van der Waals surface area contributed by atoms with Crippen LogP contribution in [0.2, 0.25) is 0 Å². The molecule has 0 spiro atoms. The van der Waals surface area contributed by atoms with Gasteiger partial charge in [-0.1, -0.05) is 19.8 Å². The van der Waals surface area contributed by atoms with E-state index in [2.05, 4.69) is 12.2 Å². The topological polar surface area (TPSA) is 75.3 Å². The number of hydrogen-bond acceptors (Lipinski definition) is 3. The first-order valence-electron chi connectivity index (χ1n) is 5.52. The molecule has 88 valence electrons. The second kappa shape index (κ2) is 6.00. The van der Waals surface area contributed by atoms with Crippen LogP contribution >= 0.6 is 0 Å². The highest BCUT2D eigenvalue weighted by Crippen LogP contribution is 2.19. The highest BCUT2D eigenvalue weighted by molar-refractivity contribution is 5.90. The summed E-state index contributed by atoms with van der Waals surface area (Å²) in [7, 11) is 0. The average Bonchev–Trinajstić information content (AvgIpc) is 2.26. The fourth-order valence-electron chi connectivity index (χ4n) is 1.45. The zero-order valence-electron chi connectivity index (χ0n) is 9.49. The van der Waals surface area contributed by atoms with Crippen LogP contribution in [-0.4, -0.2) is 17.6 Å². The van der Waals surface area contributed by atoms with Crippen molar-refractivity contribution in [2.24, 2.45) is 0 Å². The minimum absolute atomic E-state index is 0.219. The third-order valence-corrected chi connectivity index (χ3v) is 2.39. The molecule has 1 rings (SSSR count). The number of carbonyl (C=O) groups is 1. The standard InChI is InChI=1S/C12H18N2O2/c1-2-3-4-7-14-11-6-5-9(12(15)16)8-10(11)13/h5-6,8,14H,2-4,7,13H2,1H3,(H,15,16). The lowest BCUT2D eigenvalue weighted by molar-refractivity contribution is 0.0697. The molecule has 0 heterocycles. The molecule has 4 heteroatoms. The quantitative estimate of drug-likeness (QED) is 0.510. The molecule has 0 unspecified atom stereocenters. The Bertz CT molecular complexity index is 364. The van der Waals surface area contributed by atoms with Gasteiger partial charge >= 0.3 is 5.97 Å². The summed E-state index contributed by atoms with van der Waals surface area (Å²) in [5, 5.41) is 12.0. The smallest absolute Gasteiger partial charge is 0.335 e. The van der Waals surface area contributed by atoms with Crippen LogP contribution in [0.1, 0.15) is 36.5 Å². The van der Waals surface area contributed by atoms with Crippen LogP contribution in [0.25, 0.3) is 0 Å². The van der Waals surface area contributed by atoms with Crippen molar-refractivity contribution in [3.63, 3.8) is 0 Å². The number of nitrogen functional groups attached to an aromatic ring is 1. The Morgan fingerprint density at radius 1 is 1.44 bits per heavy atom. The predicted molar refractivity (Wildman–Crippen MR) is 65.8 cm³/mol. The van der Waals surface area contributed by atoms with E-state index in [1.165, 1.54) is 18.9 Å². The van der Waals surface area contributed by atoms with E-state index < -0.39 is 5.97 Å². The summed E-state index contributed by atoms with van der Waals surface area (Å²) in [6.07, 6.45) is 3.45. The molecule has 0 aliphatic rings. The summed E-state index contributed by atoms with van der Waals surface area (Å²) in [6, 6.07) is 4.75. The summed E-state index contributed by atoms with van der Waals surface area (Å²) >= 11 is 0. The second-order valence-corrected chi connectivity index (χ2v) is 3.74. The summed E-state index contributed by atoms with van der Waals surface area (Å²) in [5.41, 5.74) is 7.26. The first-order chi connectivity index (χ1) is 7.65. The SMILES string of the molecule is CCCCCNc1ccc(C(=O)O)cc1N. The first-order valence-corrected chi connectivity index (χ1v) is 5.52. The van der Waals surface area contributed by atoms with Gasteiger partial charge in [-0.2, -0.15) is 0 Å². The van der Waals surface area contributed by atoms with Crippen LogP contribution in [0.5, 0.6) is 0 Å². The van der Waals surface area contributed by atoms with Gasteiger partial charge in [0.2, 0.25) is 0 Å². The highest BCUT2D eigenvalue weighted by Gasteiger charge is 2.05. The van der Waals surface area contributed by atoms with Crippen LogP contribution < -0.4 is 11.1 Å². The van der Waals surface area contributed by atoms with E-state index in [0.29, 0.717) is 5.69 Å². The monoisotopic (exact) mass is 222 g/mol. The van der Waals surface area contributed by atoms with E-state index in [-0.39, 0.29) is 5.56 Å². The molecule has 0 atom stereocenters. The van der Waals surface area contributed by atoms with E-state index in [9.17, 15) is 4.79 Å². The van der Waals surface area contributed by atoms with Crippen molar-refractivity contribution in [2.75, 3.05) is 17.6 Å². The lowest BCUT2D eigenvalue weighted by Crippen LogP contribution is -2.05. The number of aromatic carboxylic acids is 1. The number of anilines is 2. The highest BCUT2D eigenvalue weighted by atomic mass is 16.4. The third-order valence-electron chi connectivity index (χ3n) is 2.39. The number of carboxylic acids is 1. The third kappa shape index (κ3) is 3.46. The Hall–Kier alpha value is -1.71. The molecule has 0 aliphatic heterocycles. The Labute approximate surface area is 95.5 Å². The zero-order chi connectivity index (χ0) is 12.0. The average molecular weight is 222 g/mol. The Morgan fingerprint density at radius 3 is 2.75 bits per heavy atom. The van der Waals surface area contributed by atoms with Crippen molar-refractivity contribution in [1.82, 2.24) is 0 Å². The zero-order valence-corrected chi connectivity index (χ0v) is 9.49. The molecule has 4 nitrogen and oxygen atoms in total. The van der Waals surface area contributed by atoms with Crippen LogP contribution in [0.4, 0.5) is 11.4 Å². The molecule has 0 radical (unpaired) electrons. The number of nitrogens with two attached hydrogens (primary N) is 1. The van der Waals surface area contributed by atoms with E-state index >= 15 is 0 Å². The maximum Gasteiger partial charge on any atom is 0.335 e. The molecule has 4 N–H and O–H groups in total. The number of benzene rings is 1. The lowest BCUT2D eigenvalue weighted by atomic mass is 10.1. The van der Waals surface area contributed by atoms with Crippen molar-refractivity contribution in [1.29, 1.82) is 0 Å². The first kappa shape index (κ1) is 12.4. The molecule has 1 aromatic carbocycles. The van der Waals surface area contributed by atoms with E-state index in [1.807, 2.05) is 0 Å². The van der Waals surface area contributed by atoms with Crippen molar-refractivity contribution in [2.45, 2.75) is 26.2 Å². The Balaban J connectivity index is 2.57. The maximum atomic E-state index is 10.7. The van der Waals surface area contributed by atoms with Gasteiger partial charge in [-0.25, -0.2) is 4.79 Å². The van der Waals surface area contributed by atoms with E-state index in [4.69, 9.17) is 10.8 Å². The summed E-state index contributed by atoms with van der Waals surface area (Å²) in [4.78, 5) is 10.7. The summed E-state index contributed by atoms with van der Waals surface area (Å²) < 4.78 is 0. The molecule has 0 bridgehead atoms. The van der Waals surface area contributed by atoms with Gasteiger partial charge in [-0.15, -0.1) is 0 Å². The molecule has 0 amide bonds. The van der Waals surface area contributed by atoms with Crippen molar-refractivity contribution in [3.05, 3.63) is 23.8 Å². The second-order valence-electron chi connectivity index (χ2n) is 3.74. The molecule has 0 saturated heterocycles. The van der Waals surface area contributed by atoms with Gasteiger partial charge in [-0.3, -0.25) is 0 Å². The molecule has 0 aromatic heterocycles. The molecular weight excluding hydrogens is 204 g/mol. The summed E-state index contributed by atoms with van der Waals surface area (Å²) in [6.45, 7) is 3.01. The molecule has 0 fully saturated rings. The van der Waals surface area contributed by atoms with Crippen molar-refractivity contribution >= 4 is 17.3 Å². The largest absolute Gasteiger partial charge is 0.478 e. The van der Waals surface area contributed by atoms with Gasteiger partial charge < -0.3 is 16.2 Å². The Morgan fingerprint density at radius 2 is 2.19 bits per heavy atom. The van der Waals surface area contributed by atoms with Gasteiger partial charge in [0.05, 0.1) is 16.9 Å². The van der Waals surface area contributed by atoms with Gasteiger partial charge in [0.15, 0.2) is 0 Å². The maximum absolute atomic E-state index is 10.7. The van der Waals surface area contributed by atoms with E-state index in [1.54, 1.807) is 12.1 Å². The fourth-order valence-corrected chi connectivity index (χ4v) is 1.45. The minimum Gasteiger partial charge on any atom is -0.478 e. The molecule has 1 aromatic rings. The summed E-state index contributed by atoms with van der Waals surface area (Å²) in [5.74, 6) is -0.954.